The number of anilines is 1. The molecular weight excluding hydrogens is 1250 g/mol. The van der Waals surface area contributed by atoms with Gasteiger partial charge in [-0.1, -0.05) is 12.1 Å². The van der Waals surface area contributed by atoms with Crippen LogP contribution >= 0.6 is 0 Å². The van der Waals surface area contributed by atoms with E-state index in [9.17, 15) is 66.9 Å². The number of carbonyl (C=O) groups excluding carboxylic acids is 1. The number of methoxy groups -OCH3 is 2. The molecule has 0 saturated heterocycles. The van der Waals surface area contributed by atoms with Gasteiger partial charge in [0, 0.05) is 84.8 Å². The molecule has 0 bridgehead atoms. The Morgan fingerprint density at radius 3 is 1.49 bits per heavy atom. The van der Waals surface area contributed by atoms with Crippen molar-refractivity contribution < 1.29 is 119 Å². The third-order valence-electron chi connectivity index (χ3n) is 14.8. The molecule has 1 aromatic heterocycles. The van der Waals surface area contributed by atoms with E-state index in [4.69, 9.17) is 47.5 Å². The normalized spacial score (nSPS) is 16.6. The van der Waals surface area contributed by atoms with E-state index in [0.717, 1.165) is 24.3 Å². The lowest BCUT2D eigenvalue weighted by Crippen LogP contribution is -2.32. The summed E-state index contributed by atoms with van der Waals surface area (Å²) in [5.74, 6) is -1.64. The molecule has 0 amide bonds. The predicted molar refractivity (Wildman–Crippen MR) is 320 cm³/mol. The summed E-state index contributed by atoms with van der Waals surface area (Å²) >= 11 is 0. The van der Waals surface area contributed by atoms with Crippen molar-refractivity contribution in [2.24, 2.45) is 0 Å². The number of aromatic hydroxyl groups is 2. The molecule has 0 radical (unpaired) electrons. The second-order valence-electron chi connectivity index (χ2n) is 21.0. The Bertz CT molecular complexity index is 3900. The molecule has 2 aliphatic rings. The average molecular weight is 1330 g/mol. The van der Waals surface area contributed by atoms with Gasteiger partial charge >= 0.3 is 5.97 Å². The summed E-state index contributed by atoms with van der Waals surface area (Å²) in [6, 6.07) is 12.1. The summed E-state index contributed by atoms with van der Waals surface area (Å²) in [6.07, 6.45) is 5.36. The molecular formula is C57H74N3O25S4+. The van der Waals surface area contributed by atoms with Gasteiger partial charge in [-0.25, -0.2) is 4.79 Å². The van der Waals surface area contributed by atoms with Gasteiger partial charge in [0.05, 0.1) is 114 Å². The zero-order valence-corrected chi connectivity index (χ0v) is 52.8. The van der Waals surface area contributed by atoms with Gasteiger partial charge in [0.15, 0.2) is 12.3 Å². The second-order valence-corrected chi connectivity index (χ2v) is 26.6. The highest BCUT2D eigenvalue weighted by Gasteiger charge is 2.48. The maximum absolute atomic E-state index is 13.0. The van der Waals surface area contributed by atoms with Gasteiger partial charge in [0.25, 0.3) is 40.5 Å². The molecule has 6 N–H and O–H groups in total. The maximum atomic E-state index is 13.0. The molecule has 7 rings (SSSR count). The van der Waals surface area contributed by atoms with Crippen LogP contribution in [0.4, 0.5) is 11.4 Å². The van der Waals surface area contributed by atoms with E-state index in [2.05, 4.69) is 0 Å². The number of carbonyl (C=O) groups is 1. The topological polar surface area (TPSA) is 378 Å². The quantitative estimate of drug-likeness (QED) is 0.0179. The van der Waals surface area contributed by atoms with Crippen LogP contribution in [0.25, 0.3) is 21.5 Å². The molecule has 3 heterocycles. The van der Waals surface area contributed by atoms with Crippen LogP contribution in [0, 0.1) is 0 Å². The van der Waals surface area contributed by atoms with E-state index in [1.807, 2.05) is 30.2 Å². The number of hydrogen-bond donors (Lipinski definition) is 6. The van der Waals surface area contributed by atoms with E-state index in [1.165, 1.54) is 19.2 Å². The predicted octanol–water partition coefficient (Wildman–Crippen LogP) is 4.63. The molecule has 490 valence electrons. The average Bonchev–Trinajstić information content (AvgIpc) is 1.62. The summed E-state index contributed by atoms with van der Waals surface area (Å²) in [4.78, 5) is 15.7. The first-order valence-electron chi connectivity index (χ1n) is 27.8. The summed E-state index contributed by atoms with van der Waals surface area (Å²) in [5, 5.41) is 19.4. The molecule has 1 unspecified atom stereocenters. The third-order valence-corrected chi connectivity index (χ3v) is 18.2. The number of nitrogens with zero attached hydrogens (tertiary/aromatic N) is 3. The number of fused-ring (bicyclic) bond motifs is 6. The van der Waals surface area contributed by atoms with E-state index in [1.54, 1.807) is 37.5 Å². The first-order chi connectivity index (χ1) is 42.0. The maximum Gasteiger partial charge on any atom is 0.335 e. The Morgan fingerprint density at radius 2 is 1.00 bits per heavy atom. The summed E-state index contributed by atoms with van der Waals surface area (Å²) in [6.45, 7) is 9.02. The lowest BCUT2D eigenvalue weighted by molar-refractivity contribution is -0.442. The van der Waals surface area contributed by atoms with Gasteiger partial charge in [0.2, 0.25) is 17.4 Å². The van der Waals surface area contributed by atoms with Crippen molar-refractivity contribution in [1.82, 2.24) is 4.73 Å². The fourth-order valence-electron chi connectivity index (χ4n) is 10.7. The second kappa shape index (κ2) is 30.4. The van der Waals surface area contributed by atoms with Crippen molar-refractivity contribution in [2.45, 2.75) is 64.0 Å². The van der Waals surface area contributed by atoms with Crippen molar-refractivity contribution in [3.8, 4) is 11.8 Å². The number of ether oxygens (including phenoxy) is 9. The number of hydrogen-bond acceptors (Lipinski definition) is 22. The Labute approximate surface area is 515 Å². The van der Waals surface area contributed by atoms with Crippen LogP contribution in [-0.4, -0.2) is 216 Å². The van der Waals surface area contributed by atoms with Gasteiger partial charge in [-0.15, -0.1) is 4.73 Å². The minimum absolute atomic E-state index is 0.00476. The number of allylic oxidation sites excluding steroid dienone is 4. The van der Waals surface area contributed by atoms with Crippen LogP contribution < -0.4 is 9.74 Å². The molecule has 5 aromatic rings. The minimum atomic E-state index is -5.09. The van der Waals surface area contributed by atoms with E-state index < -0.39 is 88.6 Å². The molecule has 1 atom stereocenters. The Hall–Kier alpha value is -6.02. The largest absolute Gasteiger partial charge is 0.492 e. The van der Waals surface area contributed by atoms with E-state index >= 15 is 0 Å². The van der Waals surface area contributed by atoms with Gasteiger partial charge in [0.1, 0.15) is 16.4 Å². The zero-order chi connectivity index (χ0) is 65.0. The van der Waals surface area contributed by atoms with Gasteiger partial charge in [-0.2, -0.15) is 38.2 Å². The molecule has 2 aliphatic heterocycles. The minimum Gasteiger partial charge on any atom is -0.492 e. The van der Waals surface area contributed by atoms with E-state index in [0.29, 0.717) is 77.2 Å². The van der Waals surface area contributed by atoms with Gasteiger partial charge in [-0.3, -0.25) is 18.2 Å². The number of benzene rings is 4. The first-order valence-corrected chi connectivity index (χ1v) is 33.6. The molecule has 28 nitrogen and oxygen atoms in total. The third kappa shape index (κ3) is 17.3. The highest BCUT2D eigenvalue weighted by molar-refractivity contribution is 7.87. The summed E-state index contributed by atoms with van der Waals surface area (Å²) < 4.78 is 197. The van der Waals surface area contributed by atoms with Crippen molar-refractivity contribution in [2.75, 3.05) is 138 Å². The number of aromatic nitrogens is 1. The molecule has 0 spiro atoms. The standard InChI is InChI=1S/C57H73N3O25S4/c1-56(2)49(7-6-8-50-57(3,16-20-79-26-29-83-32-31-81-24-23-77-5)55-44-36-40(87(67,68)69)38-48(89(73,74)75)42(44)10-12-46(55)59(50)17-21-76-4)58(45-11-9-41-43(54(45)56)35-39(86(64,65)66)37-47(41)88(70,71)72)18-22-80-27-30-84-34-33-82-28-25-78-19-15-53(63)85-60-51(61)13-14-52(60)62/h6-14,35-38H,15-34H2,1-5H3,(H5-,61,62,64,65,66,67,68,69,70,71,72,73,74,75)/p+1. The SMILES string of the molecule is COCCOCCOCCOCCC1(C)C(=CC=CC2=[N+](CCOCCOCCOCCOCCC(=O)On3c(O)ccc3O)c3ccc4c(S(=O)(=O)O)cc(S(=O)(=O)O)cc4c3C2(C)C)N(CCOC)c2ccc3c(S(=O)(=O)O)cc(S(=O)(=O)O)cc3c21. The zero-order valence-electron chi connectivity index (χ0n) is 49.6. The van der Waals surface area contributed by atoms with Crippen molar-refractivity contribution in [3.05, 3.63) is 95.7 Å². The van der Waals surface area contributed by atoms with E-state index in [-0.39, 0.29) is 127 Å². The fraction of sp³-hybridized carbons (Fsp3) is 0.474. The highest BCUT2D eigenvalue weighted by Crippen LogP contribution is 2.54. The Kier molecular flexibility index (Phi) is 24.1. The lowest BCUT2D eigenvalue weighted by Gasteiger charge is -2.31. The van der Waals surface area contributed by atoms with Crippen molar-refractivity contribution >= 4 is 85.1 Å². The summed E-state index contributed by atoms with van der Waals surface area (Å²) in [7, 11) is -17.2. The Morgan fingerprint density at radius 1 is 0.539 bits per heavy atom. The molecule has 4 aromatic carbocycles. The van der Waals surface area contributed by atoms with Crippen LogP contribution in [0.3, 0.4) is 0 Å². The summed E-state index contributed by atoms with van der Waals surface area (Å²) in [5.41, 5.74) is 0.742. The lowest BCUT2D eigenvalue weighted by atomic mass is 9.76. The van der Waals surface area contributed by atoms with Crippen LogP contribution in [-0.2, 0) is 98.7 Å². The molecule has 0 aliphatic carbocycles. The monoisotopic (exact) mass is 1330 g/mol. The fourth-order valence-corrected chi connectivity index (χ4v) is 13.4. The molecule has 89 heavy (non-hydrogen) atoms. The molecule has 32 heteroatoms. The smallest absolute Gasteiger partial charge is 0.335 e. The molecule has 0 fully saturated rings. The Balaban J connectivity index is 1.17. The van der Waals surface area contributed by atoms with Gasteiger partial charge < -0.3 is 62.6 Å². The van der Waals surface area contributed by atoms with Crippen molar-refractivity contribution in [3.63, 3.8) is 0 Å². The molecule has 0 saturated carbocycles. The van der Waals surface area contributed by atoms with Crippen LogP contribution in [0.1, 0.15) is 44.7 Å². The first kappa shape index (κ1) is 70.4. The van der Waals surface area contributed by atoms with Crippen molar-refractivity contribution in [1.29, 1.82) is 0 Å². The number of rotatable bonds is 37. The highest BCUT2D eigenvalue weighted by atomic mass is 32.2. The van der Waals surface area contributed by atoms with Crippen LogP contribution in [0.15, 0.2) is 104 Å². The van der Waals surface area contributed by atoms with Crippen LogP contribution in [0.5, 0.6) is 11.8 Å². The van der Waals surface area contributed by atoms with Gasteiger partial charge in [-0.05, 0) is 86.0 Å². The van der Waals surface area contributed by atoms with Crippen LogP contribution in [0.2, 0.25) is 0 Å².